The fraction of sp³-hybridized carbons (Fsp3) is 0.644. The number of hydrogen-bond donors (Lipinski definition) is 2. The molecule has 0 aromatic heterocycles. The number of nitrogens with zero attached hydrogens (tertiary/aromatic N) is 2. The number of nitrogens with two attached hydrogens (primary N) is 1. The van der Waals surface area contributed by atoms with Crippen molar-refractivity contribution in [1.29, 1.82) is 0 Å². The molecule has 1 aromatic rings. The molecule has 3 spiro atoms. The van der Waals surface area contributed by atoms with Crippen molar-refractivity contribution in [2.75, 3.05) is 32.7 Å². The largest absolute Gasteiger partial charge is 0.509 e. The lowest BCUT2D eigenvalue weighted by atomic mass is 9.28. The third-order valence-corrected chi connectivity index (χ3v) is 16.4. The van der Waals surface area contributed by atoms with Gasteiger partial charge >= 0.3 is 11.9 Å². The molecule has 3 saturated heterocycles. The molecule has 5 aliphatic carbocycles. The SMILES string of the molecule is CC1CCC2=CC3C(C)CC=C4C3C3=C2C25C(=O)OC(=C(O)CC(C)N6CC7CC(CN4C7)C6)C2(CC3)C2(OC(=O)c3c(CCCN)cccc32)C5C1. The normalized spacial score (nSPS) is 44.5. The molecule has 3 N–H and O–H groups in total. The molecule has 2 saturated carbocycles. The van der Waals surface area contributed by atoms with Crippen molar-refractivity contribution >= 4 is 11.9 Å². The molecule has 11 unspecified atom stereocenters. The molecule has 11 atom stereocenters. The summed E-state index contributed by atoms with van der Waals surface area (Å²) in [6.07, 6.45) is 13.5. The van der Waals surface area contributed by atoms with E-state index in [4.69, 9.17) is 15.2 Å². The van der Waals surface area contributed by atoms with Crippen LogP contribution in [-0.4, -0.2) is 65.6 Å². The summed E-state index contributed by atoms with van der Waals surface area (Å²) in [5, 5.41) is 12.6. The first-order valence-corrected chi connectivity index (χ1v) is 21.0. The molecule has 0 radical (unpaired) electrons. The molecular formula is C45H55N3O5. The number of fused-ring (bicyclic) bond motifs is 3. The van der Waals surface area contributed by atoms with E-state index in [1.54, 1.807) is 0 Å². The predicted octanol–water partition coefficient (Wildman–Crippen LogP) is 6.93. The molecule has 8 nitrogen and oxygen atoms in total. The summed E-state index contributed by atoms with van der Waals surface area (Å²) in [6, 6.07) is 6.27. The molecule has 14 rings (SSSR count). The van der Waals surface area contributed by atoms with Gasteiger partial charge in [-0.3, -0.25) is 9.69 Å². The lowest BCUT2D eigenvalue weighted by Gasteiger charge is -2.72. The number of carbonyl (C=O) groups excluding carboxylic acids is 2. The van der Waals surface area contributed by atoms with Gasteiger partial charge in [0.05, 0.1) is 11.0 Å². The standard InChI is InChI=1S/C45H55N3O5/c1-24-9-11-30-19-32-25(2)10-12-34-38(32)31-13-14-43-40(35(49)17-26(3)47-20-27-18-28(21-47)23-48(34)22-27)52-42(51)44(43,39(30)31)36(16-24)45(43)33-8-4-6-29(7-5-15-46)37(33)41(50)53-45/h4,6,8,12,19,24-28,32,36,38,49H,5,7,9-11,13-18,20-23,46H2,1-3H3. The number of carbonyl (C=O) groups is 2. The van der Waals surface area contributed by atoms with E-state index in [-0.39, 0.29) is 35.6 Å². The summed E-state index contributed by atoms with van der Waals surface area (Å²) in [6.45, 7) is 11.7. The predicted molar refractivity (Wildman–Crippen MR) is 200 cm³/mol. The summed E-state index contributed by atoms with van der Waals surface area (Å²) >= 11 is 0. The topological polar surface area (TPSA) is 105 Å². The fourth-order valence-corrected chi connectivity index (χ4v) is 14.6. The molecule has 10 bridgehead atoms. The van der Waals surface area contributed by atoms with Crippen molar-refractivity contribution in [1.82, 2.24) is 9.80 Å². The van der Waals surface area contributed by atoms with E-state index in [1.807, 2.05) is 6.07 Å². The Morgan fingerprint density at radius 2 is 1.85 bits per heavy atom. The van der Waals surface area contributed by atoms with E-state index in [1.165, 1.54) is 28.8 Å². The summed E-state index contributed by atoms with van der Waals surface area (Å²) in [4.78, 5) is 35.3. The van der Waals surface area contributed by atoms with Gasteiger partial charge in [0.15, 0.2) is 11.4 Å². The Morgan fingerprint density at radius 3 is 2.64 bits per heavy atom. The Labute approximate surface area is 313 Å². The zero-order valence-corrected chi connectivity index (χ0v) is 31.7. The highest BCUT2D eigenvalue weighted by Crippen LogP contribution is 2.88. The average Bonchev–Trinajstić information content (AvgIpc) is 3.60. The number of piperidine rings is 2. The minimum Gasteiger partial charge on any atom is -0.509 e. The summed E-state index contributed by atoms with van der Waals surface area (Å²) in [5.41, 5.74) is 10.8. The molecule has 8 heteroatoms. The van der Waals surface area contributed by atoms with Crippen LogP contribution in [-0.2, 0) is 26.3 Å². The zero-order chi connectivity index (χ0) is 36.2. The summed E-state index contributed by atoms with van der Waals surface area (Å²) in [7, 11) is 0. The van der Waals surface area contributed by atoms with Crippen molar-refractivity contribution in [3.05, 3.63) is 81.0 Å². The molecule has 1 aromatic carbocycles. The van der Waals surface area contributed by atoms with E-state index in [0.717, 1.165) is 75.8 Å². The zero-order valence-electron chi connectivity index (χ0n) is 31.7. The van der Waals surface area contributed by atoms with Crippen LogP contribution in [0.1, 0.15) is 100 Å². The molecule has 5 fully saturated rings. The highest BCUT2D eigenvalue weighted by Gasteiger charge is 2.93. The quantitative estimate of drug-likeness (QED) is 0.325. The molecule has 13 aliphatic rings. The van der Waals surface area contributed by atoms with Crippen LogP contribution in [0.5, 0.6) is 0 Å². The fourth-order valence-electron chi connectivity index (χ4n) is 14.6. The number of rotatable bonds is 3. The first-order chi connectivity index (χ1) is 25.6. The number of ether oxygens (including phenoxy) is 2. The van der Waals surface area contributed by atoms with Gasteiger partial charge in [-0.05, 0) is 118 Å². The third-order valence-electron chi connectivity index (χ3n) is 16.4. The Balaban J connectivity index is 1.22. The van der Waals surface area contributed by atoms with E-state index in [9.17, 15) is 9.90 Å². The van der Waals surface area contributed by atoms with Crippen molar-refractivity contribution < 1.29 is 24.2 Å². The average molecular weight is 718 g/mol. The molecule has 0 amide bonds. The van der Waals surface area contributed by atoms with E-state index in [2.05, 4.69) is 54.9 Å². The molecule has 280 valence electrons. The smallest absolute Gasteiger partial charge is 0.339 e. The second-order valence-electron chi connectivity index (χ2n) is 19.0. The Bertz CT molecular complexity index is 1960. The second-order valence-corrected chi connectivity index (χ2v) is 19.0. The number of esters is 2. The van der Waals surface area contributed by atoms with Crippen LogP contribution in [0.3, 0.4) is 0 Å². The monoisotopic (exact) mass is 717 g/mol. The first-order valence-electron chi connectivity index (χ1n) is 21.0. The minimum atomic E-state index is -1.11. The van der Waals surface area contributed by atoms with Crippen LogP contribution in [0.2, 0.25) is 0 Å². The lowest BCUT2D eigenvalue weighted by Crippen LogP contribution is -2.77. The van der Waals surface area contributed by atoms with Gasteiger partial charge in [0.1, 0.15) is 11.2 Å². The third kappa shape index (κ3) is 3.86. The van der Waals surface area contributed by atoms with Gasteiger partial charge in [-0.25, -0.2) is 4.79 Å². The van der Waals surface area contributed by atoms with Crippen LogP contribution in [0.4, 0.5) is 0 Å². The number of hydrogen-bond acceptors (Lipinski definition) is 8. The number of aryl methyl sites for hydroxylation is 1. The second kappa shape index (κ2) is 11.1. The Morgan fingerprint density at radius 1 is 1.04 bits per heavy atom. The van der Waals surface area contributed by atoms with E-state index >= 15 is 4.79 Å². The Hall–Kier alpha value is -3.36. The maximum absolute atomic E-state index is 15.5. The number of aliphatic hydroxyl groups excluding tert-OH is 1. The molecule has 8 aliphatic heterocycles. The molecule has 53 heavy (non-hydrogen) atoms. The van der Waals surface area contributed by atoms with Crippen LogP contribution >= 0.6 is 0 Å². The van der Waals surface area contributed by atoms with Crippen molar-refractivity contribution in [2.24, 2.45) is 58.0 Å². The highest BCUT2D eigenvalue weighted by molar-refractivity contribution is 6.00. The van der Waals surface area contributed by atoms with Crippen LogP contribution in [0.15, 0.2) is 64.3 Å². The van der Waals surface area contributed by atoms with Crippen LogP contribution in [0.25, 0.3) is 0 Å². The first kappa shape index (κ1) is 33.0. The van der Waals surface area contributed by atoms with Gasteiger partial charge < -0.3 is 25.2 Å². The van der Waals surface area contributed by atoms with Crippen molar-refractivity contribution in [2.45, 2.75) is 96.6 Å². The van der Waals surface area contributed by atoms with Gasteiger partial charge in [-0.2, -0.15) is 0 Å². The number of benzene rings is 1. The summed E-state index contributed by atoms with van der Waals surface area (Å²) in [5.74, 6) is 2.33. The molecular weight excluding hydrogens is 663 g/mol. The summed E-state index contributed by atoms with van der Waals surface area (Å²) < 4.78 is 13.7. The minimum absolute atomic E-state index is 0.0776. The van der Waals surface area contributed by atoms with E-state index < -0.39 is 16.4 Å². The number of allylic oxidation sites excluding steroid dienone is 4. The lowest BCUT2D eigenvalue weighted by molar-refractivity contribution is -0.279. The van der Waals surface area contributed by atoms with Crippen molar-refractivity contribution in [3.63, 3.8) is 0 Å². The van der Waals surface area contributed by atoms with Crippen LogP contribution in [0, 0.1) is 52.3 Å². The van der Waals surface area contributed by atoms with Gasteiger partial charge in [0, 0.05) is 61.7 Å². The van der Waals surface area contributed by atoms with E-state index in [0.29, 0.717) is 66.7 Å². The number of aliphatic hydroxyl groups is 1. The van der Waals surface area contributed by atoms with Gasteiger partial charge in [-0.15, -0.1) is 0 Å². The van der Waals surface area contributed by atoms with Crippen molar-refractivity contribution in [3.8, 4) is 0 Å². The molecule has 8 heterocycles. The van der Waals surface area contributed by atoms with Gasteiger partial charge in [0.2, 0.25) is 0 Å². The van der Waals surface area contributed by atoms with Gasteiger partial charge in [-0.1, -0.05) is 49.8 Å². The highest BCUT2D eigenvalue weighted by atomic mass is 16.6. The van der Waals surface area contributed by atoms with Crippen LogP contribution < -0.4 is 5.73 Å². The Kier molecular flexibility index (Phi) is 6.93. The maximum atomic E-state index is 15.5. The maximum Gasteiger partial charge on any atom is 0.339 e. The van der Waals surface area contributed by atoms with Gasteiger partial charge in [0.25, 0.3) is 0 Å².